The maximum atomic E-state index is 12.7. The Kier molecular flexibility index (Phi) is 7.36. The summed E-state index contributed by atoms with van der Waals surface area (Å²) in [6, 6.07) is 9.44. The number of hydrogen-bond donors (Lipinski definition) is 3. The molecule has 0 aliphatic carbocycles. The normalized spacial score (nSPS) is 18.7. The van der Waals surface area contributed by atoms with E-state index < -0.39 is 54.0 Å². The molecule has 0 radical (unpaired) electrons. The summed E-state index contributed by atoms with van der Waals surface area (Å²) >= 11 is 0. The molecule has 4 N–H and O–H groups in total. The van der Waals surface area contributed by atoms with Gasteiger partial charge >= 0.3 is 13.3 Å². The molecule has 0 unspecified atom stereocenters. The first-order valence-corrected chi connectivity index (χ1v) is 11.0. The molecule has 2 aromatic rings. The van der Waals surface area contributed by atoms with E-state index in [-0.39, 0.29) is 12.0 Å². The fourth-order valence-corrected chi connectivity index (χ4v) is 3.50. The van der Waals surface area contributed by atoms with E-state index in [1.807, 2.05) is 27.7 Å². The highest BCUT2D eigenvalue weighted by molar-refractivity contribution is 6.62. The van der Waals surface area contributed by atoms with Crippen molar-refractivity contribution in [2.75, 3.05) is 0 Å². The highest BCUT2D eigenvalue weighted by Crippen LogP contribution is 2.36. The number of nitrogens with one attached hydrogen (secondary N) is 1. The topological polar surface area (TPSA) is 111 Å². The Balaban J connectivity index is 1.65. The predicted octanol–water partition coefficient (Wildman–Crippen LogP) is 2.25. The van der Waals surface area contributed by atoms with Crippen LogP contribution in [0.15, 0.2) is 48.5 Å². The number of halogens is 3. The van der Waals surface area contributed by atoms with E-state index in [0.29, 0.717) is 5.56 Å². The standard InChI is InChI=1S/C24H28BF3N2O5/c1-22(2)23(3,4)35-25(34-22)17-11-5-14(6-12-17)13-18(20(29)32)30-21(33)19(31)15-7-9-16(10-8-15)24(26,27)28/h5-12,18-19,31H,13H2,1-4H3,(H2,29,32)(H,30,33)/t18-,19-/m0/s1. The van der Waals surface area contributed by atoms with Gasteiger partial charge in [-0.2, -0.15) is 13.2 Å². The van der Waals surface area contributed by atoms with E-state index in [4.69, 9.17) is 15.0 Å². The number of primary amides is 1. The number of amides is 2. The Hall–Kier alpha value is -2.89. The fourth-order valence-electron chi connectivity index (χ4n) is 3.50. The molecule has 0 saturated carbocycles. The van der Waals surface area contributed by atoms with Crippen LogP contribution >= 0.6 is 0 Å². The number of benzene rings is 2. The van der Waals surface area contributed by atoms with Gasteiger partial charge in [-0.1, -0.05) is 36.4 Å². The number of aliphatic hydroxyl groups is 1. The summed E-state index contributed by atoms with van der Waals surface area (Å²) in [5.41, 5.74) is 4.94. The molecule has 0 bridgehead atoms. The van der Waals surface area contributed by atoms with Crippen LogP contribution in [0.25, 0.3) is 0 Å². The summed E-state index contributed by atoms with van der Waals surface area (Å²) in [7, 11) is -0.556. The van der Waals surface area contributed by atoms with Crippen LogP contribution in [-0.2, 0) is 31.5 Å². The van der Waals surface area contributed by atoms with Gasteiger partial charge in [-0.15, -0.1) is 0 Å². The minimum atomic E-state index is -4.54. The van der Waals surface area contributed by atoms with Crippen LogP contribution in [0.5, 0.6) is 0 Å². The molecule has 7 nitrogen and oxygen atoms in total. The van der Waals surface area contributed by atoms with Crippen molar-refractivity contribution in [2.24, 2.45) is 5.73 Å². The third-order valence-electron chi connectivity index (χ3n) is 6.41. The Bertz CT molecular complexity index is 1060. The van der Waals surface area contributed by atoms with Crippen LogP contribution in [0.2, 0.25) is 0 Å². The number of hydrogen-bond acceptors (Lipinski definition) is 5. The van der Waals surface area contributed by atoms with Crippen LogP contribution in [0, 0.1) is 0 Å². The smallest absolute Gasteiger partial charge is 0.399 e. The third kappa shape index (κ3) is 6.03. The van der Waals surface area contributed by atoms with Gasteiger partial charge in [0.25, 0.3) is 5.91 Å². The lowest BCUT2D eigenvalue weighted by Gasteiger charge is -2.32. The molecule has 2 aromatic carbocycles. The lowest BCUT2D eigenvalue weighted by atomic mass is 9.78. The lowest BCUT2D eigenvalue weighted by molar-refractivity contribution is -0.137. The van der Waals surface area contributed by atoms with Gasteiger partial charge in [0.15, 0.2) is 6.10 Å². The number of nitrogens with two attached hydrogens (primary N) is 1. The second-order valence-corrected chi connectivity index (χ2v) is 9.52. The molecule has 1 aliphatic rings. The molecule has 1 heterocycles. The van der Waals surface area contributed by atoms with Gasteiger partial charge in [0.1, 0.15) is 6.04 Å². The van der Waals surface area contributed by atoms with Crippen LogP contribution in [0.3, 0.4) is 0 Å². The number of aliphatic hydroxyl groups excluding tert-OH is 1. The highest BCUT2D eigenvalue weighted by Gasteiger charge is 2.51. The van der Waals surface area contributed by atoms with Crippen molar-refractivity contribution in [3.05, 3.63) is 65.2 Å². The van der Waals surface area contributed by atoms with Crippen LogP contribution in [-0.4, -0.2) is 41.3 Å². The van der Waals surface area contributed by atoms with E-state index in [1.165, 1.54) is 0 Å². The number of alkyl halides is 3. The Morgan fingerprint density at radius 2 is 1.51 bits per heavy atom. The van der Waals surface area contributed by atoms with Crippen LogP contribution in [0.1, 0.15) is 50.5 Å². The zero-order valence-electron chi connectivity index (χ0n) is 19.8. The first kappa shape index (κ1) is 26.7. The fraction of sp³-hybridized carbons (Fsp3) is 0.417. The molecular weight excluding hydrogens is 464 g/mol. The van der Waals surface area contributed by atoms with Gasteiger partial charge in [-0.25, -0.2) is 0 Å². The molecule has 0 spiro atoms. The van der Waals surface area contributed by atoms with Gasteiger partial charge in [0, 0.05) is 6.42 Å². The molecule has 35 heavy (non-hydrogen) atoms. The quantitative estimate of drug-likeness (QED) is 0.514. The molecule has 3 rings (SSSR count). The minimum Gasteiger partial charge on any atom is -0.399 e. The Morgan fingerprint density at radius 3 is 1.97 bits per heavy atom. The van der Waals surface area contributed by atoms with E-state index in [0.717, 1.165) is 29.7 Å². The SMILES string of the molecule is CC1(C)OB(c2ccc(C[C@H](NC(=O)[C@@H](O)c3ccc(C(F)(F)F)cc3)C(N)=O)cc2)OC1(C)C. The van der Waals surface area contributed by atoms with Crippen LogP contribution in [0.4, 0.5) is 13.2 Å². The van der Waals surface area contributed by atoms with Gasteiger partial charge in [0.05, 0.1) is 16.8 Å². The lowest BCUT2D eigenvalue weighted by Crippen LogP contribution is -2.47. The molecule has 188 valence electrons. The highest BCUT2D eigenvalue weighted by atomic mass is 19.4. The maximum absolute atomic E-state index is 12.7. The van der Waals surface area contributed by atoms with E-state index >= 15 is 0 Å². The van der Waals surface area contributed by atoms with Gasteiger partial charge in [-0.3, -0.25) is 9.59 Å². The maximum Gasteiger partial charge on any atom is 0.494 e. The number of rotatable bonds is 7. The Labute approximate surface area is 201 Å². The van der Waals surface area contributed by atoms with E-state index in [9.17, 15) is 27.9 Å². The molecule has 11 heteroatoms. The van der Waals surface area contributed by atoms with Crippen molar-refractivity contribution in [1.29, 1.82) is 0 Å². The molecular formula is C24H28BF3N2O5. The summed E-state index contributed by atoms with van der Waals surface area (Å²) in [6.07, 6.45) is -6.27. The number of carbonyl (C=O) groups is 2. The second-order valence-electron chi connectivity index (χ2n) is 9.52. The first-order chi connectivity index (χ1) is 16.1. The molecule has 1 fully saturated rings. The summed E-state index contributed by atoms with van der Waals surface area (Å²) in [5, 5.41) is 12.6. The molecule has 2 amide bonds. The molecule has 0 aromatic heterocycles. The zero-order chi connectivity index (χ0) is 26.2. The average molecular weight is 492 g/mol. The number of carbonyl (C=O) groups excluding carboxylic acids is 2. The van der Waals surface area contributed by atoms with Crippen molar-refractivity contribution in [3.8, 4) is 0 Å². The van der Waals surface area contributed by atoms with Crippen molar-refractivity contribution < 1.29 is 37.2 Å². The van der Waals surface area contributed by atoms with Crippen molar-refractivity contribution in [1.82, 2.24) is 5.32 Å². The largest absolute Gasteiger partial charge is 0.494 e. The third-order valence-corrected chi connectivity index (χ3v) is 6.41. The second kappa shape index (κ2) is 9.64. The van der Waals surface area contributed by atoms with Gasteiger partial charge in [0.2, 0.25) is 5.91 Å². The summed E-state index contributed by atoms with van der Waals surface area (Å²) < 4.78 is 50.2. The molecule has 1 aliphatic heterocycles. The molecule has 1 saturated heterocycles. The predicted molar refractivity (Wildman–Crippen MR) is 123 cm³/mol. The van der Waals surface area contributed by atoms with E-state index in [2.05, 4.69) is 5.32 Å². The van der Waals surface area contributed by atoms with Crippen LogP contribution < -0.4 is 16.5 Å². The summed E-state index contributed by atoms with van der Waals surface area (Å²) in [6.45, 7) is 7.78. The average Bonchev–Trinajstić information content (AvgIpc) is 2.99. The molecule has 2 atom stereocenters. The zero-order valence-corrected chi connectivity index (χ0v) is 19.8. The van der Waals surface area contributed by atoms with Crippen molar-refractivity contribution in [2.45, 2.75) is 63.6 Å². The monoisotopic (exact) mass is 492 g/mol. The van der Waals surface area contributed by atoms with Crippen molar-refractivity contribution >= 4 is 24.4 Å². The summed E-state index contributed by atoms with van der Waals surface area (Å²) in [4.78, 5) is 24.4. The van der Waals surface area contributed by atoms with E-state index in [1.54, 1.807) is 24.3 Å². The van der Waals surface area contributed by atoms with Gasteiger partial charge < -0.3 is 25.5 Å². The Morgan fingerprint density at radius 1 is 1.00 bits per heavy atom. The first-order valence-electron chi connectivity index (χ1n) is 11.0. The van der Waals surface area contributed by atoms with Gasteiger partial charge in [-0.05, 0) is 56.4 Å². The summed E-state index contributed by atoms with van der Waals surface area (Å²) in [5.74, 6) is -1.78. The minimum absolute atomic E-state index is 0.0461. The van der Waals surface area contributed by atoms with Crippen molar-refractivity contribution in [3.63, 3.8) is 0 Å².